The number of rotatable bonds is 5. The number of aromatic amines is 1. The van der Waals surface area contributed by atoms with Gasteiger partial charge in [-0.15, -0.1) is 11.3 Å². The predicted octanol–water partition coefficient (Wildman–Crippen LogP) is 4.33. The van der Waals surface area contributed by atoms with Crippen molar-refractivity contribution in [1.82, 2.24) is 19.7 Å². The molecule has 5 rings (SSSR count). The summed E-state index contributed by atoms with van der Waals surface area (Å²) in [6.45, 7) is 4.13. The van der Waals surface area contributed by atoms with Crippen molar-refractivity contribution in [3.8, 4) is 5.69 Å². The van der Waals surface area contributed by atoms with Crippen LogP contribution in [-0.2, 0) is 17.6 Å². The summed E-state index contributed by atoms with van der Waals surface area (Å²) in [5.74, 6) is 1.20. The number of aryl methyl sites for hydroxylation is 2. The van der Waals surface area contributed by atoms with Crippen molar-refractivity contribution in [2.45, 2.75) is 38.3 Å². The number of hydrogen-bond donors (Lipinski definition) is 2. The van der Waals surface area contributed by atoms with E-state index in [9.17, 15) is 9.59 Å². The third-order valence-corrected chi connectivity index (χ3v) is 7.61. The van der Waals surface area contributed by atoms with E-state index in [-0.39, 0.29) is 17.2 Å². The number of carbonyl (C=O) groups is 1. The molecule has 0 aliphatic heterocycles. The van der Waals surface area contributed by atoms with Crippen molar-refractivity contribution in [2.24, 2.45) is 5.92 Å². The van der Waals surface area contributed by atoms with Crippen molar-refractivity contribution in [3.63, 3.8) is 0 Å². The first-order valence-corrected chi connectivity index (χ1v) is 12.4. The lowest BCUT2D eigenvalue weighted by Gasteiger charge is -2.17. The van der Waals surface area contributed by atoms with E-state index < -0.39 is 0 Å². The summed E-state index contributed by atoms with van der Waals surface area (Å²) >= 11 is 2.84. The molecule has 3 heterocycles. The number of thiophene rings is 1. The Hall–Kier alpha value is -2.91. The van der Waals surface area contributed by atoms with Gasteiger partial charge in [-0.1, -0.05) is 36.9 Å². The molecule has 0 saturated carbocycles. The number of hydrogen-bond acceptors (Lipinski definition) is 6. The molecule has 1 aromatic carbocycles. The van der Waals surface area contributed by atoms with Crippen LogP contribution in [0.15, 0.2) is 46.3 Å². The smallest absolute Gasteiger partial charge is 0.260 e. The zero-order valence-electron chi connectivity index (χ0n) is 17.8. The molecular weight excluding hydrogens is 442 g/mol. The number of carbonyl (C=O) groups excluding carboxylic acids is 1. The monoisotopic (exact) mass is 465 g/mol. The van der Waals surface area contributed by atoms with Crippen molar-refractivity contribution in [2.75, 3.05) is 11.1 Å². The Kier molecular flexibility index (Phi) is 5.60. The van der Waals surface area contributed by atoms with Crippen LogP contribution in [0.2, 0.25) is 0 Å². The van der Waals surface area contributed by atoms with Gasteiger partial charge in [0, 0.05) is 10.9 Å². The standard InChI is InChI=1S/C23H23N5O2S2/c1-13-8-9-16-17(10-13)32-22-20(16)21(30)25-23(26-22)31-12-19(29)24-18-11-14(2)27-28(18)15-6-4-3-5-7-15/h3-7,11,13H,8-10,12H2,1-2H3,(H,24,29)(H,25,26,30). The number of fused-ring (bicyclic) bond motifs is 3. The van der Waals surface area contributed by atoms with Gasteiger partial charge in [0.25, 0.3) is 5.56 Å². The molecule has 2 N–H and O–H groups in total. The highest BCUT2D eigenvalue weighted by Gasteiger charge is 2.23. The Morgan fingerprint density at radius 3 is 2.97 bits per heavy atom. The molecule has 4 aromatic rings. The van der Waals surface area contributed by atoms with Crippen molar-refractivity contribution < 1.29 is 4.79 Å². The zero-order chi connectivity index (χ0) is 22.2. The fourth-order valence-corrected chi connectivity index (χ4v) is 6.17. The quantitative estimate of drug-likeness (QED) is 0.338. The molecule has 1 atom stereocenters. The lowest BCUT2D eigenvalue weighted by Crippen LogP contribution is -2.18. The van der Waals surface area contributed by atoms with Gasteiger partial charge < -0.3 is 10.3 Å². The van der Waals surface area contributed by atoms with E-state index in [2.05, 4.69) is 27.3 Å². The molecular formula is C23H23N5O2S2. The molecule has 1 amide bonds. The lowest BCUT2D eigenvalue weighted by molar-refractivity contribution is -0.113. The highest BCUT2D eigenvalue weighted by atomic mass is 32.2. The fraction of sp³-hybridized carbons (Fsp3) is 0.304. The van der Waals surface area contributed by atoms with Crippen LogP contribution in [0.1, 0.15) is 29.5 Å². The van der Waals surface area contributed by atoms with Crippen LogP contribution in [-0.4, -0.2) is 31.4 Å². The van der Waals surface area contributed by atoms with Crippen molar-refractivity contribution in [1.29, 1.82) is 0 Å². The molecule has 1 aliphatic carbocycles. The Morgan fingerprint density at radius 1 is 1.34 bits per heavy atom. The second-order valence-electron chi connectivity index (χ2n) is 8.16. The van der Waals surface area contributed by atoms with Gasteiger partial charge in [-0.05, 0) is 49.8 Å². The summed E-state index contributed by atoms with van der Waals surface area (Å²) in [4.78, 5) is 34.9. The summed E-state index contributed by atoms with van der Waals surface area (Å²) in [5.41, 5.74) is 2.73. The zero-order valence-corrected chi connectivity index (χ0v) is 19.5. The minimum atomic E-state index is -0.186. The average molecular weight is 466 g/mol. The molecule has 9 heteroatoms. The minimum absolute atomic E-state index is 0.109. The molecule has 1 unspecified atom stereocenters. The Morgan fingerprint density at radius 2 is 2.16 bits per heavy atom. The number of nitrogens with one attached hydrogen (secondary N) is 2. The van der Waals surface area contributed by atoms with Gasteiger partial charge in [-0.25, -0.2) is 9.67 Å². The number of H-pyrrole nitrogens is 1. The highest BCUT2D eigenvalue weighted by molar-refractivity contribution is 7.99. The van der Waals surface area contributed by atoms with Crippen molar-refractivity contribution in [3.05, 3.63) is 62.9 Å². The third-order valence-electron chi connectivity index (χ3n) is 5.58. The molecule has 0 fully saturated rings. The van der Waals surface area contributed by atoms with Crippen LogP contribution in [0.4, 0.5) is 5.82 Å². The SMILES string of the molecule is Cc1cc(NC(=O)CSc2nc3sc4c(c3c(=O)[nH]2)CCC(C)C4)n(-c2ccccc2)n1. The first-order valence-electron chi connectivity index (χ1n) is 10.6. The van der Waals surface area contributed by atoms with Gasteiger partial charge in [-0.3, -0.25) is 9.59 Å². The number of para-hydroxylation sites is 1. The predicted molar refractivity (Wildman–Crippen MR) is 129 cm³/mol. The van der Waals surface area contributed by atoms with Gasteiger partial charge in [-0.2, -0.15) is 5.10 Å². The van der Waals surface area contributed by atoms with Crippen LogP contribution < -0.4 is 10.9 Å². The minimum Gasteiger partial charge on any atom is -0.310 e. The van der Waals surface area contributed by atoms with E-state index in [4.69, 9.17) is 0 Å². The van der Waals surface area contributed by atoms with Crippen LogP contribution in [0.3, 0.4) is 0 Å². The summed E-state index contributed by atoms with van der Waals surface area (Å²) in [6.07, 6.45) is 3.05. The fourth-order valence-electron chi connectivity index (χ4n) is 4.06. The van der Waals surface area contributed by atoms with Gasteiger partial charge in [0.15, 0.2) is 5.16 Å². The second kappa shape index (κ2) is 8.55. The summed E-state index contributed by atoms with van der Waals surface area (Å²) in [7, 11) is 0. The molecule has 0 bridgehead atoms. The van der Waals surface area contributed by atoms with E-state index >= 15 is 0 Å². The first-order chi connectivity index (χ1) is 15.5. The maximum absolute atomic E-state index is 12.7. The normalized spacial score (nSPS) is 15.6. The molecule has 164 valence electrons. The molecule has 1 aliphatic rings. The maximum Gasteiger partial charge on any atom is 0.260 e. The number of amides is 1. The highest BCUT2D eigenvalue weighted by Crippen LogP contribution is 2.36. The van der Waals surface area contributed by atoms with E-state index in [0.29, 0.717) is 16.9 Å². The summed E-state index contributed by atoms with van der Waals surface area (Å²) < 4.78 is 1.71. The Labute approximate surface area is 193 Å². The number of aromatic nitrogens is 4. The van der Waals surface area contributed by atoms with Crippen molar-refractivity contribution >= 4 is 45.0 Å². The largest absolute Gasteiger partial charge is 0.310 e. The van der Waals surface area contributed by atoms with Crippen LogP contribution in [0.5, 0.6) is 0 Å². The maximum atomic E-state index is 12.7. The van der Waals surface area contributed by atoms with Gasteiger partial charge in [0.2, 0.25) is 5.91 Å². The van der Waals surface area contributed by atoms with Crippen LogP contribution in [0.25, 0.3) is 15.9 Å². The molecule has 32 heavy (non-hydrogen) atoms. The number of thioether (sulfide) groups is 1. The van der Waals surface area contributed by atoms with E-state index in [1.54, 1.807) is 16.0 Å². The van der Waals surface area contributed by atoms with E-state index in [1.807, 2.05) is 43.3 Å². The Balaban J connectivity index is 1.31. The topological polar surface area (TPSA) is 92.7 Å². The summed E-state index contributed by atoms with van der Waals surface area (Å²) in [5, 5.41) is 8.59. The molecule has 0 radical (unpaired) electrons. The number of anilines is 1. The van der Waals surface area contributed by atoms with Gasteiger partial charge in [0.05, 0.1) is 22.5 Å². The third kappa shape index (κ3) is 4.10. The Bertz CT molecular complexity index is 1360. The second-order valence-corrected chi connectivity index (χ2v) is 10.2. The molecule has 3 aromatic heterocycles. The average Bonchev–Trinajstić information content (AvgIpc) is 3.32. The molecule has 7 nitrogen and oxygen atoms in total. The number of benzene rings is 1. The van der Waals surface area contributed by atoms with Gasteiger partial charge in [0.1, 0.15) is 10.6 Å². The lowest BCUT2D eigenvalue weighted by atomic mass is 9.89. The van der Waals surface area contributed by atoms with Crippen LogP contribution in [0, 0.1) is 12.8 Å². The van der Waals surface area contributed by atoms with E-state index in [1.165, 1.54) is 16.6 Å². The molecule has 0 spiro atoms. The van der Waals surface area contributed by atoms with Gasteiger partial charge >= 0.3 is 0 Å². The summed E-state index contributed by atoms with van der Waals surface area (Å²) in [6, 6.07) is 11.5. The van der Waals surface area contributed by atoms with Crippen LogP contribution >= 0.6 is 23.1 Å². The van der Waals surface area contributed by atoms with E-state index in [0.717, 1.165) is 46.4 Å². The molecule has 0 saturated heterocycles. The first kappa shape index (κ1) is 21.0. The number of nitrogens with zero attached hydrogens (tertiary/aromatic N) is 3.